The Morgan fingerprint density at radius 1 is 0.905 bits per heavy atom. The summed E-state index contributed by atoms with van der Waals surface area (Å²) in [6, 6.07) is 0. The Balaban J connectivity index is 0. The second-order valence-electron chi connectivity index (χ2n) is 6.02. The van der Waals surface area contributed by atoms with Crippen molar-refractivity contribution in [2.75, 3.05) is 13.1 Å². The van der Waals surface area contributed by atoms with Crippen molar-refractivity contribution in [1.29, 1.82) is 0 Å². The number of thiol groups is 1. The molecule has 2 atom stereocenters. The molecule has 1 nitrogen and oxygen atoms in total. The van der Waals surface area contributed by atoms with Crippen LogP contribution in [0.5, 0.6) is 0 Å². The van der Waals surface area contributed by atoms with Crippen molar-refractivity contribution in [1.82, 2.24) is 4.90 Å². The second kappa shape index (κ2) is 15.6. The maximum Gasteiger partial charge on any atom is 0.133 e. The van der Waals surface area contributed by atoms with Crippen molar-refractivity contribution in [3.63, 3.8) is 0 Å². The van der Waals surface area contributed by atoms with Crippen LogP contribution in [0.1, 0.15) is 79.1 Å². The summed E-state index contributed by atoms with van der Waals surface area (Å²) < 4.78 is 0.787. The fraction of sp³-hybridized carbons (Fsp3) is 0.941. The van der Waals surface area contributed by atoms with Crippen LogP contribution in [-0.2, 0) is 17.1 Å². The molecule has 0 rings (SSSR count). The molecule has 0 fully saturated rings. The summed E-state index contributed by atoms with van der Waals surface area (Å²) in [4.78, 5) is 2.35. The SMILES string of the molecule is CCCCC(CC)CN(CC(CC)CCCC)C(=S)S.[Cu]. The number of rotatable bonds is 12. The minimum atomic E-state index is 0. The summed E-state index contributed by atoms with van der Waals surface area (Å²) >= 11 is 9.82. The minimum Gasteiger partial charge on any atom is -0.357 e. The van der Waals surface area contributed by atoms with Crippen LogP contribution >= 0.6 is 24.8 Å². The van der Waals surface area contributed by atoms with Crippen LogP contribution < -0.4 is 0 Å². The molecule has 131 valence electrons. The van der Waals surface area contributed by atoms with Gasteiger partial charge in [-0.15, -0.1) is 12.6 Å². The summed E-state index contributed by atoms with van der Waals surface area (Å²) in [6.07, 6.45) is 10.4. The third-order valence-corrected chi connectivity index (χ3v) is 4.86. The van der Waals surface area contributed by atoms with E-state index in [0.29, 0.717) is 0 Å². The molecule has 0 saturated heterocycles. The molecule has 0 amide bonds. The summed E-state index contributed by atoms with van der Waals surface area (Å²) in [5.41, 5.74) is 0. The molecule has 0 heterocycles. The van der Waals surface area contributed by atoms with E-state index >= 15 is 0 Å². The molecule has 0 aromatic heterocycles. The van der Waals surface area contributed by atoms with Crippen molar-refractivity contribution >= 4 is 29.2 Å². The van der Waals surface area contributed by atoms with E-state index in [0.717, 1.165) is 29.2 Å². The quantitative estimate of drug-likeness (QED) is 0.254. The number of thiocarbonyl (C=S) groups is 1. The van der Waals surface area contributed by atoms with Crippen molar-refractivity contribution in [2.24, 2.45) is 11.8 Å². The van der Waals surface area contributed by atoms with Gasteiger partial charge in [0.25, 0.3) is 0 Å². The van der Waals surface area contributed by atoms with Gasteiger partial charge in [0.15, 0.2) is 0 Å². The van der Waals surface area contributed by atoms with E-state index in [2.05, 4.69) is 45.2 Å². The van der Waals surface area contributed by atoms with Crippen molar-refractivity contribution in [3.8, 4) is 0 Å². The van der Waals surface area contributed by atoms with Gasteiger partial charge in [-0.05, 0) is 24.7 Å². The Kier molecular flexibility index (Phi) is 17.9. The van der Waals surface area contributed by atoms with Crippen LogP contribution in [-0.4, -0.2) is 22.3 Å². The molecular formula is C17H35CuNS2. The van der Waals surface area contributed by atoms with Crippen LogP contribution in [0.4, 0.5) is 0 Å². The minimum absolute atomic E-state index is 0. The van der Waals surface area contributed by atoms with Gasteiger partial charge in [0.2, 0.25) is 0 Å². The Morgan fingerprint density at radius 2 is 1.29 bits per heavy atom. The Morgan fingerprint density at radius 3 is 1.52 bits per heavy atom. The maximum atomic E-state index is 5.36. The first-order valence-corrected chi connectivity index (χ1v) is 9.42. The van der Waals surface area contributed by atoms with E-state index < -0.39 is 0 Å². The normalized spacial score (nSPS) is 13.4. The fourth-order valence-electron chi connectivity index (χ4n) is 2.69. The summed E-state index contributed by atoms with van der Waals surface area (Å²) in [5.74, 6) is 1.53. The number of hydrogen-bond acceptors (Lipinski definition) is 1. The van der Waals surface area contributed by atoms with E-state index in [1.807, 2.05) is 0 Å². The molecule has 1 radical (unpaired) electrons. The molecule has 0 aliphatic heterocycles. The standard InChI is InChI=1S/C17H35NS2.Cu/c1-5-9-11-15(7-3)13-18(17(19)20)14-16(8-4)12-10-6-2;/h15-16H,5-14H2,1-4H3,(H,19,20);. The van der Waals surface area contributed by atoms with Crippen molar-refractivity contribution in [2.45, 2.75) is 79.1 Å². The summed E-state index contributed by atoms with van der Waals surface area (Å²) in [7, 11) is 0. The smallest absolute Gasteiger partial charge is 0.133 e. The van der Waals surface area contributed by atoms with Gasteiger partial charge in [-0.1, -0.05) is 78.4 Å². The van der Waals surface area contributed by atoms with Gasteiger partial charge in [0.05, 0.1) is 0 Å². The second-order valence-corrected chi connectivity index (χ2v) is 7.13. The van der Waals surface area contributed by atoms with Crippen LogP contribution in [0.2, 0.25) is 0 Å². The topological polar surface area (TPSA) is 3.24 Å². The Labute approximate surface area is 154 Å². The Hall–Kier alpha value is 0.759. The number of unbranched alkanes of at least 4 members (excludes halogenated alkanes) is 2. The average molecular weight is 381 g/mol. The molecule has 0 aliphatic carbocycles. The van der Waals surface area contributed by atoms with Gasteiger partial charge in [-0.3, -0.25) is 0 Å². The molecule has 0 saturated carbocycles. The zero-order chi connectivity index (χ0) is 15.4. The largest absolute Gasteiger partial charge is 0.357 e. The van der Waals surface area contributed by atoms with E-state index in [9.17, 15) is 0 Å². The molecule has 0 spiro atoms. The van der Waals surface area contributed by atoms with E-state index in [4.69, 9.17) is 12.2 Å². The van der Waals surface area contributed by atoms with Gasteiger partial charge in [0, 0.05) is 30.2 Å². The average Bonchev–Trinajstić information content (AvgIpc) is 2.45. The first-order valence-electron chi connectivity index (χ1n) is 8.56. The zero-order valence-electron chi connectivity index (χ0n) is 14.3. The van der Waals surface area contributed by atoms with Gasteiger partial charge < -0.3 is 4.90 Å². The van der Waals surface area contributed by atoms with E-state index in [1.54, 1.807) is 0 Å². The van der Waals surface area contributed by atoms with Gasteiger partial charge in [-0.2, -0.15) is 0 Å². The van der Waals surface area contributed by atoms with Crippen LogP contribution in [0.15, 0.2) is 0 Å². The van der Waals surface area contributed by atoms with Crippen molar-refractivity contribution < 1.29 is 17.1 Å². The fourth-order valence-corrected chi connectivity index (χ4v) is 3.00. The molecule has 21 heavy (non-hydrogen) atoms. The monoisotopic (exact) mass is 380 g/mol. The predicted octanol–water partition coefficient (Wildman–Crippen LogP) is 5.93. The summed E-state index contributed by atoms with van der Waals surface area (Å²) in [6.45, 7) is 11.3. The van der Waals surface area contributed by atoms with Gasteiger partial charge in [0.1, 0.15) is 4.32 Å². The third kappa shape index (κ3) is 11.9. The molecule has 0 aromatic rings. The van der Waals surface area contributed by atoms with E-state index in [1.165, 1.54) is 51.4 Å². The number of nitrogens with zero attached hydrogens (tertiary/aromatic N) is 1. The van der Waals surface area contributed by atoms with Gasteiger partial charge in [-0.25, -0.2) is 0 Å². The van der Waals surface area contributed by atoms with Crippen molar-refractivity contribution in [3.05, 3.63) is 0 Å². The first-order chi connectivity index (χ1) is 9.58. The van der Waals surface area contributed by atoms with Gasteiger partial charge >= 0.3 is 0 Å². The number of hydrogen-bond donors (Lipinski definition) is 1. The maximum absolute atomic E-state index is 5.36. The first kappa shape index (κ1) is 24.0. The molecule has 4 heteroatoms. The molecule has 2 unspecified atom stereocenters. The predicted molar refractivity (Wildman–Crippen MR) is 99.8 cm³/mol. The molecule has 0 aliphatic rings. The molecule has 0 aromatic carbocycles. The molecule has 0 bridgehead atoms. The Bertz CT molecular complexity index is 231. The molecular weight excluding hydrogens is 346 g/mol. The van der Waals surface area contributed by atoms with Crippen LogP contribution in [0.25, 0.3) is 0 Å². The molecule has 0 N–H and O–H groups in total. The van der Waals surface area contributed by atoms with E-state index in [-0.39, 0.29) is 17.1 Å². The third-order valence-electron chi connectivity index (χ3n) is 4.31. The van der Waals surface area contributed by atoms with Crippen LogP contribution in [0.3, 0.4) is 0 Å². The van der Waals surface area contributed by atoms with Crippen LogP contribution in [0, 0.1) is 11.8 Å². The summed E-state index contributed by atoms with van der Waals surface area (Å²) in [5, 5.41) is 0. The zero-order valence-corrected chi connectivity index (χ0v) is 17.0.